The standard InChI is InChI=1S/C27H31NO3.ClH/c1-21(2)28(23-13-7-4-8-14-23)19-24(29)20-31-27-16-10-9-15-25(27)26(30)18-17-22-11-5-3-6-12-22;/h3-16,21,24,29H,17-20H2,1-2H3;1H. The first-order valence-corrected chi connectivity index (χ1v) is 10.8. The number of Topliss-reactive ketones (excluding diaryl/α,β-unsaturated/α-hetero) is 1. The Bertz CT molecular complexity index is 947. The molecule has 1 N–H and O–H groups in total. The molecule has 5 heteroatoms. The van der Waals surface area contributed by atoms with E-state index in [1.54, 1.807) is 12.1 Å². The molecule has 0 bridgehead atoms. The molecule has 0 aliphatic heterocycles. The lowest BCUT2D eigenvalue weighted by Gasteiger charge is -2.31. The van der Waals surface area contributed by atoms with Crippen LogP contribution >= 0.6 is 12.4 Å². The number of nitrogens with zero attached hydrogens (tertiary/aromatic N) is 1. The van der Waals surface area contributed by atoms with Crippen molar-refractivity contribution in [1.29, 1.82) is 0 Å². The number of aliphatic hydroxyl groups excluding tert-OH is 1. The van der Waals surface area contributed by atoms with Crippen LogP contribution in [-0.2, 0) is 6.42 Å². The summed E-state index contributed by atoms with van der Waals surface area (Å²) in [5.41, 5.74) is 2.77. The van der Waals surface area contributed by atoms with Crippen LogP contribution < -0.4 is 9.64 Å². The first-order valence-electron chi connectivity index (χ1n) is 10.8. The van der Waals surface area contributed by atoms with E-state index in [9.17, 15) is 9.90 Å². The van der Waals surface area contributed by atoms with Gasteiger partial charge in [-0.15, -0.1) is 12.4 Å². The normalized spacial score (nSPS) is 11.5. The molecule has 3 aromatic rings. The van der Waals surface area contributed by atoms with Crippen molar-refractivity contribution in [1.82, 2.24) is 0 Å². The maximum atomic E-state index is 12.8. The number of aryl methyl sites for hydroxylation is 1. The van der Waals surface area contributed by atoms with Crippen molar-refractivity contribution in [2.45, 2.75) is 38.8 Å². The molecular weight excluding hydrogens is 422 g/mol. The number of anilines is 1. The van der Waals surface area contributed by atoms with Crippen LogP contribution in [0.25, 0.3) is 0 Å². The Labute approximate surface area is 197 Å². The summed E-state index contributed by atoms with van der Waals surface area (Å²) in [6, 6.07) is 27.5. The molecule has 3 rings (SSSR count). The lowest BCUT2D eigenvalue weighted by atomic mass is 10.0. The summed E-state index contributed by atoms with van der Waals surface area (Å²) >= 11 is 0. The lowest BCUT2D eigenvalue weighted by Crippen LogP contribution is -2.40. The molecule has 1 atom stereocenters. The number of carbonyl (C=O) groups excluding carboxylic acids is 1. The number of para-hydroxylation sites is 2. The minimum Gasteiger partial charge on any atom is -0.490 e. The van der Waals surface area contributed by atoms with Crippen molar-refractivity contribution < 1.29 is 14.6 Å². The van der Waals surface area contributed by atoms with Gasteiger partial charge in [-0.2, -0.15) is 0 Å². The molecule has 170 valence electrons. The highest BCUT2D eigenvalue weighted by Crippen LogP contribution is 2.22. The molecular formula is C27H32ClNO3. The number of hydrogen-bond donors (Lipinski definition) is 1. The monoisotopic (exact) mass is 453 g/mol. The Kier molecular flexibility index (Phi) is 10.3. The number of carbonyl (C=O) groups is 1. The van der Waals surface area contributed by atoms with Crippen LogP contribution in [0.5, 0.6) is 5.75 Å². The molecule has 0 spiro atoms. The van der Waals surface area contributed by atoms with E-state index in [1.165, 1.54) is 0 Å². The average Bonchev–Trinajstić information content (AvgIpc) is 2.81. The van der Waals surface area contributed by atoms with Crippen LogP contribution in [0.1, 0.15) is 36.2 Å². The highest BCUT2D eigenvalue weighted by Gasteiger charge is 2.18. The van der Waals surface area contributed by atoms with Gasteiger partial charge in [-0.25, -0.2) is 0 Å². The van der Waals surface area contributed by atoms with Gasteiger partial charge < -0.3 is 14.7 Å². The first kappa shape index (κ1) is 25.4. The van der Waals surface area contributed by atoms with Crippen molar-refractivity contribution in [3.8, 4) is 5.75 Å². The lowest BCUT2D eigenvalue weighted by molar-refractivity contribution is 0.0957. The number of ketones is 1. The fourth-order valence-corrected chi connectivity index (χ4v) is 3.56. The van der Waals surface area contributed by atoms with E-state index in [2.05, 4.69) is 18.7 Å². The summed E-state index contributed by atoms with van der Waals surface area (Å²) in [6.45, 7) is 4.77. The molecule has 3 aromatic carbocycles. The Morgan fingerprint density at radius 2 is 1.50 bits per heavy atom. The topological polar surface area (TPSA) is 49.8 Å². The van der Waals surface area contributed by atoms with E-state index in [1.807, 2.05) is 72.8 Å². The minimum atomic E-state index is -0.685. The number of halogens is 1. The van der Waals surface area contributed by atoms with Crippen LogP contribution in [0.15, 0.2) is 84.9 Å². The zero-order valence-electron chi connectivity index (χ0n) is 18.7. The third kappa shape index (κ3) is 7.40. The van der Waals surface area contributed by atoms with Gasteiger partial charge in [0.25, 0.3) is 0 Å². The average molecular weight is 454 g/mol. The van der Waals surface area contributed by atoms with Crippen LogP contribution in [-0.4, -0.2) is 36.2 Å². The fraction of sp³-hybridized carbons (Fsp3) is 0.296. The molecule has 0 heterocycles. The van der Waals surface area contributed by atoms with Crippen molar-refractivity contribution in [2.24, 2.45) is 0 Å². The molecule has 32 heavy (non-hydrogen) atoms. The number of benzene rings is 3. The number of rotatable bonds is 11. The second kappa shape index (κ2) is 12.9. The van der Waals surface area contributed by atoms with E-state index < -0.39 is 6.10 Å². The van der Waals surface area contributed by atoms with Gasteiger partial charge in [0.15, 0.2) is 5.78 Å². The smallest absolute Gasteiger partial charge is 0.166 e. The van der Waals surface area contributed by atoms with Gasteiger partial charge in [0.05, 0.1) is 5.56 Å². The number of ether oxygens (including phenoxy) is 1. The van der Waals surface area contributed by atoms with Crippen LogP contribution in [0.2, 0.25) is 0 Å². The second-order valence-corrected chi connectivity index (χ2v) is 7.95. The highest BCUT2D eigenvalue weighted by atomic mass is 35.5. The summed E-state index contributed by atoms with van der Waals surface area (Å²) in [6.07, 6.45) is 0.425. The summed E-state index contributed by atoms with van der Waals surface area (Å²) in [5.74, 6) is 0.567. The van der Waals surface area contributed by atoms with Crippen LogP contribution in [0.3, 0.4) is 0 Å². The van der Waals surface area contributed by atoms with E-state index in [-0.39, 0.29) is 30.8 Å². The Balaban J connectivity index is 0.00000363. The summed E-state index contributed by atoms with van der Waals surface area (Å²) in [7, 11) is 0. The van der Waals surface area contributed by atoms with Gasteiger partial charge in [-0.05, 0) is 50.1 Å². The molecule has 0 aliphatic rings. The maximum Gasteiger partial charge on any atom is 0.166 e. The summed E-state index contributed by atoms with van der Waals surface area (Å²) in [5, 5.41) is 10.6. The van der Waals surface area contributed by atoms with E-state index in [0.717, 1.165) is 11.3 Å². The van der Waals surface area contributed by atoms with Crippen LogP contribution in [0.4, 0.5) is 5.69 Å². The van der Waals surface area contributed by atoms with Gasteiger partial charge in [0, 0.05) is 24.7 Å². The van der Waals surface area contributed by atoms with E-state index >= 15 is 0 Å². The summed E-state index contributed by atoms with van der Waals surface area (Å²) < 4.78 is 5.89. The van der Waals surface area contributed by atoms with Crippen molar-refractivity contribution in [2.75, 3.05) is 18.1 Å². The molecule has 0 saturated carbocycles. The first-order chi connectivity index (χ1) is 15.0. The Morgan fingerprint density at radius 3 is 2.16 bits per heavy atom. The minimum absolute atomic E-state index is 0. The van der Waals surface area contributed by atoms with E-state index in [0.29, 0.717) is 30.7 Å². The van der Waals surface area contributed by atoms with Crippen molar-refractivity contribution >= 4 is 23.9 Å². The molecule has 1 unspecified atom stereocenters. The molecule has 4 nitrogen and oxygen atoms in total. The SMILES string of the molecule is CC(C)N(CC(O)COc1ccccc1C(=O)CCc1ccccc1)c1ccccc1.Cl. The maximum absolute atomic E-state index is 12.8. The Morgan fingerprint density at radius 1 is 0.906 bits per heavy atom. The van der Waals surface area contributed by atoms with Crippen molar-refractivity contribution in [3.63, 3.8) is 0 Å². The highest BCUT2D eigenvalue weighted by molar-refractivity contribution is 5.98. The fourth-order valence-electron chi connectivity index (χ4n) is 3.56. The second-order valence-electron chi connectivity index (χ2n) is 7.95. The van der Waals surface area contributed by atoms with Gasteiger partial charge in [-0.3, -0.25) is 4.79 Å². The van der Waals surface area contributed by atoms with Gasteiger partial charge in [0.2, 0.25) is 0 Å². The zero-order chi connectivity index (χ0) is 22.1. The molecule has 0 fully saturated rings. The molecule has 0 saturated heterocycles. The number of hydrogen-bond acceptors (Lipinski definition) is 4. The zero-order valence-corrected chi connectivity index (χ0v) is 19.5. The van der Waals surface area contributed by atoms with Crippen molar-refractivity contribution in [3.05, 3.63) is 96.1 Å². The molecule has 0 amide bonds. The predicted molar refractivity (Wildman–Crippen MR) is 133 cm³/mol. The Hall–Kier alpha value is -2.82. The third-order valence-corrected chi connectivity index (χ3v) is 5.22. The van der Waals surface area contributed by atoms with Gasteiger partial charge in [0.1, 0.15) is 18.5 Å². The van der Waals surface area contributed by atoms with Gasteiger partial charge >= 0.3 is 0 Å². The molecule has 0 aliphatic carbocycles. The number of aliphatic hydroxyl groups is 1. The van der Waals surface area contributed by atoms with Crippen LogP contribution in [0, 0.1) is 0 Å². The van der Waals surface area contributed by atoms with Gasteiger partial charge in [-0.1, -0.05) is 60.7 Å². The quantitative estimate of drug-likeness (QED) is 0.385. The van der Waals surface area contributed by atoms with E-state index in [4.69, 9.17) is 4.74 Å². The third-order valence-electron chi connectivity index (χ3n) is 5.22. The molecule has 0 aromatic heterocycles. The largest absolute Gasteiger partial charge is 0.490 e. The summed E-state index contributed by atoms with van der Waals surface area (Å²) in [4.78, 5) is 14.9. The predicted octanol–water partition coefficient (Wildman–Crippen LogP) is 5.58. The molecule has 0 radical (unpaired) electrons.